The molecule has 0 unspecified atom stereocenters. The standard InChI is InChI=1S/C16H14N6S/c1-22(7-13-17-10-20-21-13)15-14-12(11-5-3-2-4-6-11)8-23-16(14)19-9-18-15/h2-6,8-10H,7H2,1H3,(H,17,20,21). The summed E-state index contributed by atoms with van der Waals surface area (Å²) < 4.78 is 0. The summed E-state index contributed by atoms with van der Waals surface area (Å²) >= 11 is 1.63. The highest BCUT2D eigenvalue weighted by molar-refractivity contribution is 7.17. The molecular weight excluding hydrogens is 308 g/mol. The average molecular weight is 322 g/mol. The molecule has 4 rings (SSSR count). The van der Waals surface area contributed by atoms with Gasteiger partial charge in [0.15, 0.2) is 0 Å². The molecule has 0 amide bonds. The molecule has 7 heteroatoms. The lowest BCUT2D eigenvalue weighted by molar-refractivity contribution is 0.832. The van der Waals surface area contributed by atoms with Crippen LogP contribution >= 0.6 is 11.3 Å². The van der Waals surface area contributed by atoms with E-state index in [1.165, 1.54) is 11.9 Å². The van der Waals surface area contributed by atoms with Crippen LogP contribution in [0.1, 0.15) is 5.82 Å². The van der Waals surface area contributed by atoms with Crippen molar-refractivity contribution in [1.82, 2.24) is 25.1 Å². The molecule has 0 aliphatic carbocycles. The van der Waals surface area contributed by atoms with E-state index in [2.05, 4.69) is 47.6 Å². The third-order valence-corrected chi connectivity index (χ3v) is 4.53. The van der Waals surface area contributed by atoms with Crippen molar-refractivity contribution in [3.8, 4) is 11.1 Å². The summed E-state index contributed by atoms with van der Waals surface area (Å²) in [6.45, 7) is 0.607. The minimum atomic E-state index is 0.607. The molecule has 3 heterocycles. The van der Waals surface area contributed by atoms with E-state index in [0.717, 1.165) is 27.4 Å². The van der Waals surface area contributed by atoms with Gasteiger partial charge in [-0.15, -0.1) is 11.3 Å². The Morgan fingerprint density at radius 2 is 1.96 bits per heavy atom. The number of fused-ring (bicyclic) bond motifs is 1. The van der Waals surface area contributed by atoms with Crippen LogP contribution in [0.5, 0.6) is 0 Å². The van der Waals surface area contributed by atoms with Crippen LogP contribution in [0.15, 0.2) is 48.4 Å². The van der Waals surface area contributed by atoms with Gasteiger partial charge in [0.2, 0.25) is 0 Å². The highest BCUT2D eigenvalue weighted by atomic mass is 32.1. The Bertz CT molecular complexity index is 916. The molecule has 114 valence electrons. The Balaban J connectivity index is 1.82. The molecule has 0 spiro atoms. The second-order valence-corrected chi connectivity index (χ2v) is 6.04. The zero-order chi connectivity index (χ0) is 15.6. The fourth-order valence-corrected chi connectivity index (χ4v) is 3.50. The maximum absolute atomic E-state index is 4.51. The number of hydrogen-bond acceptors (Lipinski definition) is 6. The first-order valence-electron chi connectivity index (χ1n) is 7.16. The predicted molar refractivity (Wildman–Crippen MR) is 91.3 cm³/mol. The van der Waals surface area contributed by atoms with E-state index < -0.39 is 0 Å². The molecule has 1 aromatic carbocycles. The Labute approximate surface area is 136 Å². The second-order valence-electron chi connectivity index (χ2n) is 5.18. The van der Waals surface area contributed by atoms with Crippen molar-refractivity contribution in [2.75, 3.05) is 11.9 Å². The van der Waals surface area contributed by atoms with Gasteiger partial charge in [-0.1, -0.05) is 30.3 Å². The molecule has 0 atom stereocenters. The number of nitrogens with zero attached hydrogens (tertiary/aromatic N) is 5. The van der Waals surface area contributed by atoms with Crippen LogP contribution in [0.25, 0.3) is 21.3 Å². The zero-order valence-corrected chi connectivity index (χ0v) is 13.3. The van der Waals surface area contributed by atoms with Gasteiger partial charge in [0.25, 0.3) is 0 Å². The smallest absolute Gasteiger partial charge is 0.143 e. The van der Waals surface area contributed by atoms with Gasteiger partial charge in [-0.25, -0.2) is 15.0 Å². The Morgan fingerprint density at radius 1 is 1.09 bits per heavy atom. The average Bonchev–Trinajstić information content (AvgIpc) is 3.24. The van der Waals surface area contributed by atoms with E-state index in [9.17, 15) is 0 Å². The zero-order valence-electron chi connectivity index (χ0n) is 12.5. The molecule has 0 saturated carbocycles. The lowest BCUT2D eigenvalue weighted by atomic mass is 10.1. The summed E-state index contributed by atoms with van der Waals surface area (Å²) in [7, 11) is 2.00. The normalized spacial score (nSPS) is 11.0. The van der Waals surface area contributed by atoms with Gasteiger partial charge in [0.1, 0.15) is 29.1 Å². The number of thiophene rings is 1. The van der Waals surface area contributed by atoms with Gasteiger partial charge < -0.3 is 4.90 Å². The van der Waals surface area contributed by atoms with Crippen LogP contribution in [0.4, 0.5) is 5.82 Å². The lowest BCUT2D eigenvalue weighted by Crippen LogP contribution is -2.19. The van der Waals surface area contributed by atoms with Gasteiger partial charge in [-0.3, -0.25) is 5.10 Å². The minimum absolute atomic E-state index is 0.607. The first kappa shape index (κ1) is 13.8. The van der Waals surface area contributed by atoms with E-state index in [4.69, 9.17) is 0 Å². The van der Waals surface area contributed by atoms with Crippen molar-refractivity contribution in [2.45, 2.75) is 6.54 Å². The highest BCUT2D eigenvalue weighted by Gasteiger charge is 2.16. The molecule has 0 aliphatic rings. The maximum Gasteiger partial charge on any atom is 0.143 e. The molecule has 0 radical (unpaired) electrons. The van der Waals surface area contributed by atoms with E-state index in [1.54, 1.807) is 17.7 Å². The van der Waals surface area contributed by atoms with Gasteiger partial charge in [-0.2, -0.15) is 5.10 Å². The molecule has 0 saturated heterocycles. The van der Waals surface area contributed by atoms with Crippen molar-refractivity contribution < 1.29 is 0 Å². The minimum Gasteiger partial charge on any atom is -0.351 e. The fraction of sp³-hybridized carbons (Fsp3) is 0.125. The molecule has 0 aliphatic heterocycles. The molecule has 3 aromatic heterocycles. The maximum atomic E-state index is 4.51. The summed E-state index contributed by atoms with van der Waals surface area (Å²) in [5.41, 5.74) is 2.33. The number of rotatable bonds is 4. The first-order chi connectivity index (χ1) is 11.3. The van der Waals surface area contributed by atoms with Crippen LogP contribution in [0.3, 0.4) is 0 Å². The first-order valence-corrected chi connectivity index (χ1v) is 8.04. The lowest BCUT2D eigenvalue weighted by Gasteiger charge is -2.18. The Morgan fingerprint density at radius 3 is 2.74 bits per heavy atom. The van der Waals surface area contributed by atoms with Crippen LogP contribution in [0, 0.1) is 0 Å². The van der Waals surface area contributed by atoms with Crippen LogP contribution in [-0.2, 0) is 6.54 Å². The van der Waals surface area contributed by atoms with E-state index in [0.29, 0.717) is 6.54 Å². The monoisotopic (exact) mass is 322 g/mol. The number of anilines is 1. The largest absolute Gasteiger partial charge is 0.351 e. The summed E-state index contributed by atoms with van der Waals surface area (Å²) in [6.07, 6.45) is 3.12. The summed E-state index contributed by atoms with van der Waals surface area (Å²) in [6, 6.07) is 10.3. The predicted octanol–water partition coefficient (Wildman–Crippen LogP) is 3.11. The van der Waals surface area contributed by atoms with E-state index >= 15 is 0 Å². The van der Waals surface area contributed by atoms with Gasteiger partial charge in [0.05, 0.1) is 11.9 Å². The van der Waals surface area contributed by atoms with Gasteiger partial charge in [-0.05, 0) is 5.56 Å². The van der Waals surface area contributed by atoms with Crippen molar-refractivity contribution in [1.29, 1.82) is 0 Å². The van der Waals surface area contributed by atoms with Crippen LogP contribution in [-0.4, -0.2) is 32.2 Å². The van der Waals surface area contributed by atoms with E-state index in [1.807, 2.05) is 25.2 Å². The quantitative estimate of drug-likeness (QED) is 0.625. The molecule has 23 heavy (non-hydrogen) atoms. The number of nitrogens with one attached hydrogen (secondary N) is 1. The number of aromatic amines is 1. The summed E-state index contributed by atoms with van der Waals surface area (Å²) in [4.78, 5) is 16.1. The fourth-order valence-electron chi connectivity index (χ4n) is 2.59. The third-order valence-electron chi connectivity index (χ3n) is 3.65. The summed E-state index contributed by atoms with van der Waals surface area (Å²) in [5.74, 6) is 1.70. The number of hydrogen-bond donors (Lipinski definition) is 1. The second kappa shape index (κ2) is 5.77. The Kier molecular flexibility index (Phi) is 3.47. The number of benzene rings is 1. The molecule has 4 aromatic rings. The SMILES string of the molecule is CN(Cc1ncn[nH]1)c1ncnc2scc(-c3ccccc3)c12. The van der Waals surface area contributed by atoms with Crippen LogP contribution in [0.2, 0.25) is 0 Å². The topological polar surface area (TPSA) is 70.6 Å². The molecular formula is C16H14N6S. The molecule has 0 fully saturated rings. The number of H-pyrrole nitrogens is 1. The van der Waals surface area contributed by atoms with Crippen molar-refractivity contribution >= 4 is 27.4 Å². The third kappa shape index (κ3) is 2.55. The number of aromatic nitrogens is 5. The molecule has 6 nitrogen and oxygen atoms in total. The molecule has 1 N–H and O–H groups in total. The highest BCUT2D eigenvalue weighted by Crippen LogP contribution is 2.37. The van der Waals surface area contributed by atoms with Crippen molar-refractivity contribution in [3.63, 3.8) is 0 Å². The van der Waals surface area contributed by atoms with Crippen molar-refractivity contribution in [2.24, 2.45) is 0 Å². The van der Waals surface area contributed by atoms with E-state index in [-0.39, 0.29) is 0 Å². The Hall–Kier alpha value is -2.80. The molecule has 0 bridgehead atoms. The van der Waals surface area contributed by atoms with Gasteiger partial charge >= 0.3 is 0 Å². The van der Waals surface area contributed by atoms with Crippen molar-refractivity contribution in [3.05, 3.63) is 54.2 Å². The summed E-state index contributed by atoms with van der Waals surface area (Å²) in [5, 5.41) is 9.99. The van der Waals surface area contributed by atoms with Crippen LogP contribution < -0.4 is 4.90 Å². The van der Waals surface area contributed by atoms with Gasteiger partial charge in [0, 0.05) is 18.0 Å².